The zero-order chi connectivity index (χ0) is 15.0. The molecule has 2 aliphatic rings. The molecule has 0 bridgehead atoms. The molecule has 1 aromatic carbocycles. The van der Waals surface area contributed by atoms with Gasteiger partial charge in [0.15, 0.2) is 0 Å². The molecule has 2 unspecified atom stereocenters. The number of likely N-dealkylation sites (tertiary alicyclic amines) is 1. The van der Waals surface area contributed by atoms with Crippen molar-refractivity contribution >= 4 is 17.5 Å². The first-order valence-corrected chi connectivity index (χ1v) is 7.52. The van der Waals surface area contributed by atoms with Gasteiger partial charge in [-0.2, -0.15) is 0 Å². The Morgan fingerprint density at radius 1 is 1.43 bits per heavy atom. The molecule has 3 rings (SSSR count). The van der Waals surface area contributed by atoms with Crippen LogP contribution in [-0.4, -0.2) is 35.8 Å². The second kappa shape index (κ2) is 5.48. The lowest BCUT2D eigenvalue weighted by Gasteiger charge is -2.37. The Bertz CT molecular complexity index is 585. The van der Waals surface area contributed by atoms with E-state index in [4.69, 9.17) is 5.73 Å². The van der Waals surface area contributed by atoms with Crippen molar-refractivity contribution in [3.8, 4) is 0 Å². The molecule has 2 aliphatic heterocycles. The smallest absolute Gasteiger partial charge is 0.254 e. The van der Waals surface area contributed by atoms with E-state index in [1.807, 2.05) is 17.0 Å². The van der Waals surface area contributed by atoms with Crippen molar-refractivity contribution in [1.29, 1.82) is 0 Å². The fraction of sp³-hybridized carbons (Fsp3) is 0.500. The topological polar surface area (TPSA) is 75.4 Å². The zero-order valence-electron chi connectivity index (χ0n) is 12.3. The van der Waals surface area contributed by atoms with Crippen LogP contribution in [0.1, 0.15) is 35.7 Å². The number of hydrogen-bond acceptors (Lipinski definition) is 3. The van der Waals surface area contributed by atoms with Crippen molar-refractivity contribution in [2.45, 2.75) is 32.2 Å². The van der Waals surface area contributed by atoms with E-state index < -0.39 is 0 Å². The zero-order valence-corrected chi connectivity index (χ0v) is 12.3. The number of carbonyl (C=O) groups excluding carboxylic acids is 2. The summed E-state index contributed by atoms with van der Waals surface area (Å²) in [5.74, 6) is 0.426. The van der Waals surface area contributed by atoms with Crippen LogP contribution in [0, 0.1) is 5.92 Å². The van der Waals surface area contributed by atoms with Crippen molar-refractivity contribution in [1.82, 2.24) is 4.90 Å². The van der Waals surface area contributed by atoms with E-state index in [2.05, 4.69) is 12.2 Å². The minimum Gasteiger partial charge on any atom is -0.336 e. The number of rotatable bonds is 2. The van der Waals surface area contributed by atoms with E-state index in [-0.39, 0.29) is 17.9 Å². The first kappa shape index (κ1) is 14.1. The van der Waals surface area contributed by atoms with Gasteiger partial charge in [-0.25, -0.2) is 0 Å². The second-order valence-corrected chi connectivity index (χ2v) is 6.08. The number of nitrogens with zero attached hydrogens (tertiary/aromatic N) is 1. The monoisotopic (exact) mass is 287 g/mol. The van der Waals surface area contributed by atoms with Crippen LogP contribution in [-0.2, 0) is 11.2 Å². The van der Waals surface area contributed by atoms with Crippen molar-refractivity contribution in [3.63, 3.8) is 0 Å². The van der Waals surface area contributed by atoms with Crippen molar-refractivity contribution in [3.05, 3.63) is 29.3 Å². The summed E-state index contributed by atoms with van der Waals surface area (Å²) in [6, 6.07) is 5.70. The van der Waals surface area contributed by atoms with Gasteiger partial charge in [0.1, 0.15) is 0 Å². The summed E-state index contributed by atoms with van der Waals surface area (Å²) in [4.78, 5) is 26.1. The van der Waals surface area contributed by atoms with Crippen LogP contribution >= 0.6 is 0 Å². The molecule has 0 saturated carbocycles. The number of nitrogens with one attached hydrogen (secondary N) is 1. The van der Waals surface area contributed by atoms with Crippen LogP contribution in [0.15, 0.2) is 18.2 Å². The third-order valence-electron chi connectivity index (χ3n) is 4.55. The summed E-state index contributed by atoms with van der Waals surface area (Å²) < 4.78 is 0. The molecule has 3 N–H and O–H groups in total. The molecule has 2 atom stereocenters. The van der Waals surface area contributed by atoms with Crippen molar-refractivity contribution < 1.29 is 9.59 Å². The molecule has 0 radical (unpaired) electrons. The van der Waals surface area contributed by atoms with Gasteiger partial charge < -0.3 is 16.0 Å². The number of fused-ring (bicyclic) bond motifs is 1. The van der Waals surface area contributed by atoms with Gasteiger partial charge in [-0.15, -0.1) is 0 Å². The lowest BCUT2D eigenvalue weighted by Crippen LogP contribution is -2.47. The highest BCUT2D eigenvalue weighted by Gasteiger charge is 2.29. The predicted octanol–water partition coefficient (Wildman–Crippen LogP) is 1.38. The predicted molar refractivity (Wildman–Crippen MR) is 81.1 cm³/mol. The van der Waals surface area contributed by atoms with Crippen LogP contribution in [0.4, 0.5) is 5.69 Å². The Labute approximate surface area is 124 Å². The molecule has 21 heavy (non-hydrogen) atoms. The molecule has 112 valence electrons. The van der Waals surface area contributed by atoms with E-state index in [1.165, 1.54) is 0 Å². The van der Waals surface area contributed by atoms with Gasteiger partial charge >= 0.3 is 0 Å². The molecule has 0 aliphatic carbocycles. The quantitative estimate of drug-likeness (QED) is 0.863. The first-order valence-electron chi connectivity index (χ1n) is 7.52. The number of hydrogen-bond donors (Lipinski definition) is 2. The third kappa shape index (κ3) is 2.65. The molecule has 5 heteroatoms. The lowest BCUT2D eigenvalue weighted by atomic mass is 9.92. The van der Waals surface area contributed by atoms with Gasteiger partial charge in [-0.05, 0) is 56.0 Å². The Morgan fingerprint density at radius 2 is 2.24 bits per heavy atom. The number of carbonyl (C=O) groups is 2. The van der Waals surface area contributed by atoms with Gasteiger partial charge in [0, 0.05) is 23.8 Å². The maximum Gasteiger partial charge on any atom is 0.254 e. The molecule has 1 fully saturated rings. The number of piperidine rings is 1. The molecule has 0 spiro atoms. The Kier molecular flexibility index (Phi) is 3.68. The molecule has 2 heterocycles. The molecule has 1 saturated heterocycles. The highest BCUT2D eigenvalue weighted by molar-refractivity contribution is 6.01. The Hall–Kier alpha value is -1.88. The summed E-state index contributed by atoms with van der Waals surface area (Å²) in [6.07, 6.45) is 2.44. The number of amides is 2. The van der Waals surface area contributed by atoms with Gasteiger partial charge in [0.25, 0.3) is 5.91 Å². The summed E-state index contributed by atoms with van der Waals surface area (Å²) >= 11 is 0. The second-order valence-electron chi connectivity index (χ2n) is 6.08. The maximum absolute atomic E-state index is 12.7. The summed E-state index contributed by atoms with van der Waals surface area (Å²) in [5, 5.41) is 2.79. The van der Waals surface area contributed by atoms with E-state index in [1.54, 1.807) is 6.07 Å². The molecule has 5 nitrogen and oxygen atoms in total. The minimum atomic E-state index is -0.0101. The van der Waals surface area contributed by atoms with Gasteiger partial charge in [-0.1, -0.05) is 0 Å². The van der Waals surface area contributed by atoms with Crippen molar-refractivity contribution in [2.24, 2.45) is 11.7 Å². The molecule has 0 aromatic heterocycles. The average Bonchev–Trinajstić information content (AvgIpc) is 2.86. The summed E-state index contributed by atoms with van der Waals surface area (Å²) in [5.41, 5.74) is 8.15. The van der Waals surface area contributed by atoms with E-state index in [0.29, 0.717) is 24.4 Å². The van der Waals surface area contributed by atoms with Crippen LogP contribution in [0.25, 0.3) is 0 Å². The Morgan fingerprint density at radius 3 is 3.00 bits per heavy atom. The van der Waals surface area contributed by atoms with Crippen LogP contribution in [0.2, 0.25) is 0 Å². The third-order valence-corrected chi connectivity index (χ3v) is 4.55. The SMILES string of the molecule is CC1CCC(CN)CN1C(=O)c1ccc2c(c1)CC(=O)N2. The molecular formula is C16H21N3O2. The van der Waals surface area contributed by atoms with Crippen molar-refractivity contribution in [2.75, 3.05) is 18.4 Å². The molecular weight excluding hydrogens is 266 g/mol. The van der Waals surface area contributed by atoms with E-state index >= 15 is 0 Å². The van der Waals surface area contributed by atoms with Gasteiger partial charge in [0.2, 0.25) is 5.91 Å². The normalized spacial score (nSPS) is 24.7. The van der Waals surface area contributed by atoms with Crippen LogP contribution in [0.3, 0.4) is 0 Å². The summed E-state index contributed by atoms with van der Waals surface area (Å²) in [6.45, 7) is 3.44. The number of anilines is 1. The van der Waals surface area contributed by atoms with E-state index in [0.717, 1.165) is 30.6 Å². The van der Waals surface area contributed by atoms with Crippen LogP contribution in [0.5, 0.6) is 0 Å². The number of nitrogens with two attached hydrogens (primary N) is 1. The molecule has 2 amide bonds. The summed E-state index contributed by atoms with van der Waals surface area (Å²) in [7, 11) is 0. The van der Waals surface area contributed by atoms with Gasteiger partial charge in [0.05, 0.1) is 6.42 Å². The fourth-order valence-electron chi connectivity index (χ4n) is 3.19. The average molecular weight is 287 g/mol. The largest absolute Gasteiger partial charge is 0.336 e. The van der Waals surface area contributed by atoms with E-state index in [9.17, 15) is 9.59 Å². The molecule has 1 aromatic rings. The van der Waals surface area contributed by atoms with Gasteiger partial charge in [-0.3, -0.25) is 9.59 Å². The first-order chi connectivity index (χ1) is 10.1. The lowest BCUT2D eigenvalue weighted by molar-refractivity contribution is -0.115. The maximum atomic E-state index is 12.7. The number of benzene rings is 1. The Balaban J connectivity index is 1.81. The highest BCUT2D eigenvalue weighted by Crippen LogP contribution is 2.27. The minimum absolute atomic E-state index is 0.0101. The van der Waals surface area contributed by atoms with Crippen LogP contribution < -0.4 is 11.1 Å². The standard InChI is InChI=1S/C16H21N3O2/c1-10-2-3-11(8-17)9-19(10)16(21)12-4-5-14-13(6-12)7-15(20)18-14/h4-6,10-11H,2-3,7-9,17H2,1H3,(H,18,20). The highest BCUT2D eigenvalue weighted by atomic mass is 16.2. The fourth-order valence-corrected chi connectivity index (χ4v) is 3.19.